The van der Waals surface area contributed by atoms with E-state index in [1.807, 2.05) is 4.90 Å². The topological polar surface area (TPSA) is 101 Å². The number of nitrogens with zero attached hydrogens (tertiary/aromatic N) is 1. The van der Waals surface area contributed by atoms with Gasteiger partial charge < -0.3 is 25.3 Å². The number of fused-ring (bicyclic) bond motifs is 2. The van der Waals surface area contributed by atoms with Gasteiger partial charge in [-0.2, -0.15) is 0 Å². The zero-order chi connectivity index (χ0) is 34.2. The molecule has 3 saturated carbocycles. The largest absolute Gasteiger partial charge is 0.396 e. The zero-order valence-corrected chi connectivity index (χ0v) is 29.3. The summed E-state index contributed by atoms with van der Waals surface area (Å²) in [5.41, 5.74) is 3.18. The van der Waals surface area contributed by atoms with Crippen LogP contribution in [-0.4, -0.2) is 68.2 Å². The average molecular weight is 656 g/mol. The summed E-state index contributed by atoms with van der Waals surface area (Å²) in [5, 5.41) is 44.5. The maximum absolute atomic E-state index is 13.5. The Kier molecular flexibility index (Phi) is 10.4. The van der Waals surface area contributed by atoms with Gasteiger partial charge in [0, 0.05) is 31.5 Å². The van der Waals surface area contributed by atoms with Crippen LogP contribution in [-0.2, 0) is 11.2 Å². The lowest BCUT2D eigenvalue weighted by molar-refractivity contribution is -0.142. The summed E-state index contributed by atoms with van der Waals surface area (Å²) in [6.07, 6.45) is 12.5. The molecule has 6 rings (SSSR count). The second-order valence-electron chi connectivity index (χ2n) is 16.1. The molecule has 4 N–H and O–H groups in total. The van der Waals surface area contributed by atoms with Crippen LogP contribution in [0.4, 0.5) is 0 Å². The quantitative estimate of drug-likeness (QED) is 0.223. The lowest BCUT2D eigenvalue weighted by Crippen LogP contribution is -2.41. The van der Waals surface area contributed by atoms with E-state index >= 15 is 0 Å². The number of aliphatic hydroxyl groups excluding tert-OH is 3. The normalized spacial score (nSPS) is 36.4. The van der Waals surface area contributed by atoms with Crippen molar-refractivity contribution in [2.75, 3.05) is 13.2 Å². The third-order valence-electron chi connectivity index (χ3n) is 12.9. The van der Waals surface area contributed by atoms with Gasteiger partial charge in [0.25, 0.3) is 5.91 Å². The van der Waals surface area contributed by atoms with E-state index in [1.54, 1.807) is 6.92 Å². The second-order valence-corrected chi connectivity index (χ2v) is 16.1. The highest BCUT2D eigenvalue weighted by Gasteiger charge is 2.53. The maximum atomic E-state index is 13.5. The Labute approximate surface area is 287 Å². The number of allylic oxidation sites excluding steroid dienone is 3. The molecule has 1 amide bonds. The number of carbonyl (C=O) groups excluding carboxylic acids is 1. The monoisotopic (exact) mass is 655 g/mol. The standard InChI is InChI=1S/C42H57NO5/c1-27(23-34-26-42(4,48)40(47)43(34)21-19-29-13-14-30-9-5-6-10-33(30)24-29)36-17-18-37-31(11-7-20-41(36,37)3)15-16-32-25-38(45)35(12-8-22-44)39(46)28(32)2/h5-6,9-10,13-16,24,27,34-39,44-46,48H,2,7-8,11-12,17-23,25-26H2,1,3-4H3/b31-15+,32-16-/t27-,34+,35+,36-,37+,38-,39-,41-,42+/m1/s1. The Hall–Kier alpha value is -2.77. The number of hydrogen-bond donors (Lipinski definition) is 4. The molecule has 0 aromatic heterocycles. The van der Waals surface area contributed by atoms with Crippen molar-refractivity contribution >= 4 is 16.7 Å². The molecule has 9 atom stereocenters. The van der Waals surface area contributed by atoms with E-state index in [-0.39, 0.29) is 29.9 Å². The molecule has 2 aromatic rings. The molecule has 260 valence electrons. The number of hydrogen-bond acceptors (Lipinski definition) is 5. The van der Waals surface area contributed by atoms with Crippen molar-refractivity contribution in [2.24, 2.45) is 29.1 Å². The number of aliphatic hydroxyl groups is 4. The van der Waals surface area contributed by atoms with Gasteiger partial charge in [0.2, 0.25) is 0 Å². The third-order valence-corrected chi connectivity index (χ3v) is 12.9. The number of carbonyl (C=O) groups is 1. The summed E-state index contributed by atoms with van der Waals surface area (Å²) in [6.45, 7) is 11.4. The van der Waals surface area contributed by atoms with E-state index in [2.05, 4.69) is 75.0 Å². The van der Waals surface area contributed by atoms with Gasteiger partial charge in [-0.15, -0.1) is 0 Å². The summed E-state index contributed by atoms with van der Waals surface area (Å²) >= 11 is 0. The highest BCUT2D eigenvalue weighted by molar-refractivity contribution is 5.87. The number of rotatable bonds is 10. The summed E-state index contributed by atoms with van der Waals surface area (Å²) in [5.74, 6) is 1.05. The lowest BCUT2D eigenvalue weighted by atomic mass is 9.60. The summed E-state index contributed by atoms with van der Waals surface area (Å²) in [4.78, 5) is 15.4. The van der Waals surface area contributed by atoms with Crippen LogP contribution >= 0.6 is 0 Å². The van der Waals surface area contributed by atoms with Crippen LogP contribution in [0.15, 0.2) is 77.9 Å². The highest BCUT2D eigenvalue weighted by atomic mass is 16.3. The van der Waals surface area contributed by atoms with Crippen molar-refractivity contribution in [2.45, 2.75) is 115 Å². The maximum Gasteiger partial charge on any atom is 0.254 e. The van der Waals surface area contributed by atoms with Crippen molar-refractivity contribution in [3.05, 3.63) is 83.5 Å². The summed E-state index contributed by atoms with van der Waals surface area (Å²) in [7, 11) is 0. The van der Waals surface area contributed by atoms with Crippen LogP contribution in [0.5, 0.6) is 0 Å². The Bertz CT molecular complexity index is 1560. The van der Waals surface area contributed by atoms with Gasteiger partial charge >= 0.3 is 0 Å². The zero-order valence-electron chi connectivity index (χ0n) is 29.3. The number of amides is 1. The van der Waals surface area contributed by atoms with Crippen molar-refractivity contribution in [1.82, 2.24) is 4.90 Å². The Morgan fingerprint density at radius 3 is 2.62 bits per heavy atom. The summed E-state index contributed by atoms with van der Waals surface area (Å²) in [6, 6.07) is 14.9. The second kappa shape index (κ2) is 14.2. The molecule has 1 heterocycles. The predicted molar refractivity (Wildman–Crippen MR) is 192 cm³/mol. The molecule has 1 aliphatic heterocycles. The van der Waals surface area contributed by atoms with E-state index in [9.17, 15) is 25.2 Å². The van der Waals surface area contributed by atoms with E-state index < -0.39 is 17.8 Å². The van der Waals surface area contributed by atoms with Crippen LogP contribution in [0.3, 0.4) is 0 Å². The molecular weight excluding hydrogens is 598 g/mol. The molecule has 0 bridgehead atoms. The van der Waals surface area contributed by atoms with Crippen molar-refractivity contribution in [1.29, 1.82) is 0 Å². The first-order chi connectivity index (χ1) is 22.9. The first-order valence-electron chi connectivity index (χ1n) is 18.5. The predicted octanol–water partition coefficient (Wildman–Crippen LogP) is 6.90. The van der Waals surface area contributed by atoms with Gasteiger partial charge in [0.15, 0.2) is 0 Å². The van der Waals surface area contributed by atoms with E-state index in [4.69, 9.17) is 0 Å². The number of benzene rings is 2. The van der Waals surface area contributed by atoms with Gasteiger partial charge in [0.05, 0.1) is 12.2 Å². The van der Waals surface area contributed by atoms with Crippen LogP contribution in [0.2, 0.25) is 0 Å². The van der Waals surface area contributed by atoms with E-state index in [1.165, 1.54) is 34.8 Å². The average Bonchev–Trinajstić information content (AvgIpc) is 3.52. The molecule has 4 aliphatic rings. The first kappa shape index (κ1) is 35.1. The SMILES string of the molecule is C=C1/C(=C\C=C2/CCC[C@]3(C)[C@@H]([C@H](C)C[C@H]4C[C@](C)(O)C(=O)N4CCc4ccc5ccccc5c4)CC[C@@H]23)C[C@@H](O)[C@H](CCCO)[C@@H]1O. The first-order valence-corrected chi connectivity index (χ1v) is 18.5. The van der Waals surface area contributed by atoms with Crippen LogP contribution in [0, 0.1) is 29.1 Å². The molecule has 1 saturated heterocycles. The fourth-order valence-electron chi connectivity index (χ4n) is 10.3. The van der Waals surface area contributed by atoms with E-state index in [0.29, 0.717) is 55.6 Å². The molecule has 48 heavy (non-hydrogen) atoms. The van der Waals surface area contributed by atoms with Crippen LogP contribution < -0.4 is 0 Å². The summed E-state index contributed by atoms with van der Waals surface area (Å²) < 4.78 is 0. The fourth-order valence-corrected chi connectivity index (χ4v) is 10.3. The molecule has 6 nitrogen and oxygen atoms in total. The van der Waals surface area contributed by atoms with Gasteiger partial charge in [-0.05, 0) is 122 Å². The molecule has 3 aliphatic carbocycles. The van der Waals surface area contributed by atoms with Gasteiger partial charge in [0.1, 0.15) is 5.60 Å². The van der Waals surface area contributed by atoms with Crippen molar-refractivity contribution in [3.63, 3.8) is 0 Å². The minimum Gasteiger partial charge on any atom is -0.396 e. The Balaban J connectivity index is 1.13. The fraction of sp³-hybridized carbons (Fsp3) is 0.595. The Morgan fingerprint density at radius 1 is 1.08 bits per heavy atom. The molecule has 2 aromatic carbocycles. The highest BCUT2D eigenvalue weighted by Crippen LogP contribution is 2.60. The van der Waals surface area contributed by atoms with Crippen molar-refractivity contribution < 1.29 is 25.2 Å². The molecular formula is C42H57NO5. The number of likely N-dealkylation sites (tertiary alicyclic amines) is 1. The van der Waals surface area contributed by atoms with Crippen LogP contribution in [0.1, 0.15) is 90.5 Å². The van der Waals surface area contributed by atoms with E-state index in [0.717, 1.165) is 37.7 Å². The van der Waals surface area contributed by atoms with Crippen molar-refractivity contribution in [3.8, 4) is 0 Å². The molecule has 6 heteroatoms. The van der Waals surface area contributed by atoms with Gasteiger partial charge in [-0.3, -0.25) is 4.79 Å². The molecule has 0 unspecified atom stereocenters. The minimum absolute atomic E-state index is 0.0327. The molecule has 4 fully saturated rings. The third kappa shape index (κ3) is 6.83. The smallest absolute Gasteiger partial charge is 0.254 e. The lowest BCUT2D eigenvalue weighted by Gasteiger charge is -2.45. The van der Waals surface area contributed by atoms with Crippen LogP contribution in [0.25, 0.3) is 10.8 Å². The van der Waals surface area contributed by atoms with Gasteiger partial charge in [-0.1, -0.05) is 80.6 Å². The Morgan fingerprint density at radius 2 is 1.85 bits per heavy atom. The molecule has 0 spiro atoms. The molecule has 0 radical (unpaired) electrons. The minimum atomic E-state index is -1.31. The van der Waals surface area contributed by atoms with Gasteiger partial charge in [-0.25, -0.2) is 0 Å².